The third kappa shape index (κ3) is 6.61. The topological polar surface area (TPSA) is 89.7 Å². The van der Waals surface area contributed by atoms with Crippen LogP contribution in [0, 0.1) is 9.81 Å². The lowest BCUT2D eigenvalue weighted by atomic mass is 10.1. The van der Waals surface area contributed by atoms with Crippen LogP contribution in [0.3, 0.4) is 0 Å². The Bertz CT molecular complexity index is 1290. The summed E-state index contributed by atoms with van der Waals surface area (Å²) in [5.41, 5.74) is -2.28. The minimum absolute atomic E-state index is 0.0334. The lowest BCUT2D eigenvalue weighted by molar-refractivity contribution is -0.137. The van der Waals surface area contributed by atoms with Crippen LogP contribution in [-0.2, 0) is 17.6 Å². The maximum Gasteiger partial charge on any atom is 0.416 e. The number of benzene rings is 3. The van der Waals surface area contributed by atoms with Crippen LogP contribution in [0.4, 0.5) is 24.5 Å². The standard InChI is InChI=1S/C21H10Cl4F3N3O4/c22-13-2-1-10(15(24)6-13)9-34-29-8-11-3-14(23)7-16(25)19(11)35-20-17(30-32)4-12(21(26,27)28)5-18(20)31-33/h1-8H,9H2/b29-8+. The third-order valence-corrected chi connectivity index (χ3v) is 5.40. The van der Waals surface area contributed by atoms with Crippen LogP contribution in [0.25, 0.3) is 0 Å². The summed E-state index contributed by atoms with van der Waals surface area (Å²) in [6, 6.07) is 8.20. The van der Waals surface area contributed by atoms with Gasteiger partial charge in [0.05, 0.1) is 16.8 Å². The van der Waals surface area contributed by atoms with Crippen LogP contribution < -0.4 is 4.74 Å². The van der Waals surface area contributed by atoms with Crippen LogP contribution in [0.1, 0.15) is 16.7 Å². The molecule has 0 fully saturated rings. The molecule has 0 radical (unpaired) electrons. The normalized spacial score (nSPS) is 11.5. The predicted octanol–water partition coefficient (Wildman–Crippen LogP) is 9.46. The van der Waals surface area contributed by atoms with Gasteiger partial charge in [-0.2, -0.15) is 13.2 Å². The average Bonchev–Trinajstić information content (AvgIpc) is 2.78. The first-order chi connectivity index (χ1) is 16.5. The van der Waals surface area contributed by atoms with Gasteiger partial charge in [-0.05, 0) is 46.8 Å². The SMILES string of the molecule is O=Nc1cc(C(F)(F)F)cc(N=O)c1Oc1c(Cl)cc(Cl)cc1/C=N/OCc1ccc(Cl)cc1Cl. The fourth-order valence-electron chi connectivity index (χ4n) is 2.73. The Morgan fingerprint density at radius 1 is 0.829 bits per heavy atom. The lowest BCUT2D eigenvalue weighted by Gasteiger charge is -2.15. The van der Waals surface area contributed by atoms with E-state index in [2.05, 4.69) is 15.5 Å². The second-order valence-corrected chi connectivity index (χ2v) is 8.36. The van der Waals surface area contributed by atoms with Crippen molar-refractivity contribution >= 4 is 64.0 Å². The van der Waals surface area contributed by atoms with E-state index >= 15 is 0 Å². The van der Waals surface area contributed by atoms with Crippen LogP contribution in [0.2, 0.25) is 20.1 Å². The number of nitroso groups, excluding NO2 is 2. The van der Waals surface area contributed by atoms with E-state index in [4.69, 9.17) is 56.0 Å². The molecule has 3 rings (SSSR count). The number of ether oxygens (including phenoxy) is 1. The highest BCUT2D eigenvalue weighted by atomic mass is 35.5. The molecule has 0 atom stereocenters. The number of alkyl halides is 3. The molecule has 3 aromatic carbocycles. The van der Waals surface area contributed by atoms with E-state index in [1.807, 2.05) is 0 Å². The van der Waals surface area contributed by atoms with Gasteiger partial charge < -0.3 is 9.57 Å². The van der Waals surface area contributed by atoms with E-state index in [1.54, 1.807) is 12.1 Å². The quantitative estimate of drug-likeness (QED) is 0.154. The van der Waals surface area contributed by atoms with Crippen molar-refractivity contribution in [2.24, 2.45) is 15.5 Å². The number of hydrogen-bond donors (Lipinski definition) is 0. The molecule has 0 saturated heterocycles. The summed E-state index contributed by atoms with van der Waals surface area (Å²) in [5, 5.41) is 9.66. The second kappa shape index (κ2) is 11.2. The molecule has 0 amide bonds. The van der Waals surface area contributed by atoms with Crippen molar-refractivity contribution in [2.45, 2.75) is 12.8 Å². The summed E-state index contributed by atoms with van der Waals surface area (Å²) >= 11 is 24.1. The van der Waals surface area contributed by atoms with Crippen LogP contribution >= 0.6 is 46.4 Å². The number of nitrogens with zero attached hydrogens (tertiary/aromatic N) is 3. The van der Waals surface area contributed by atoms with E-state index < -0.39 is 28.9 Å². The third-order valence-electron chi connectivity index (χ3n) is 4.32. The maximum absolute atomic E-state index is 13.1. The van der Waals surface area contributed by atoms with Gasteiger partial charge in [-0.3, -0.25) is 0 Å². The molecule has 182 valence electrons. The van der Waals surface area contributed by atoms with Crippen LogP contribution in [-0.4, -0.2) is 6.21 Å². The van der Waals surface area contributed by atoms with E-state index in [0.717, 1.165) is 6.21 Å². The molecular weight excluding hydrogens is 557 g/mol. The Morgan fingerprint density at radius 2 is 1.46 bits per heavy atom. The fourth-order valence-corrected chi connectivity index (χ4v) is 3.74. The van der Waals surface area contributed by atoms with E-state index in [1.165, 1.54) is 18.2 Å². The van der Waals surface area contributed by atoms with E-state index in [0.29, 0.717) is 27.7 Å². The summed E-state index contributed by atoms with van der Waals surface area (Å²) in [6.45, 7) is -0.0334. The van der Waals surface area contributed by atoms with Crippen molar-refractivity contribution in [3.8, 4) is 11.5 Å². The van der Waals surface area contributed by atoms with Gasteiger partial charge in [-0.25, -0.2) is 0 Å². The number of hydrogen-bond acceptors (Lipinski definition) is 7. The van der Waals surface area contributed by atoms with E-state index in [9.17, 15) is 23.0 Å². The van der Waals surface area contributed by atoms with Crippen LogP contribution in [0.5, 0.6) is 11.5 Å². The molecule has 0 unspecified atom stereocenters. The zero-order valence-electron chi connectivity index (χ0n) is 16.9. The molecule has 0 saturated carbocycles. The van der Waals surface area contributed by atoms with Crippen molar-refractivity contribution in [2.75, 3.05) is 0 Å². The molecule has 0 heterocycles. The molecule has 0 aromatic heterocycles. The minimum Gasteiger partial charge on any atom is -0.450 e. The first-order valence-corrected chi connectivity index (χ1v) is 10.7. The molecule has 14 heteroatoms. The molecule has 7 nitrogen and oxygen atoms in total. The zero-order valence-corrected chi connectivity index (χ0v) is 20.0. The number of oxime groups is 1. The van der Waals surface area contributed by atoms with Gasteiger partial charge in [0.2, 0.25) is 0 Å². The second-order valence-electron chi connectivity index (χ2n) is 6.68. The highest BCUT2D eigenvalue weighted by molar-refractivity contribution is 6.36. The number of rotatable bonds is 8. The summed E-state index contributed by atoms with van der Waals surface area (Å²) in [5.74, 6) is -0.849. The number of halogens is 7. The van der Waals surface area contributed by atoms with Crippen LogP contribution in [0.15, 0.2) is 58.0 Å². The molecule has 3 aromatic rings. The highest BCUT2D eigenvalue weighted by Crippen LogP contribution is 2.47. The highest BCUT2D eigenvalue weighted by Gasteiger charge is 2.33. The zero-order chi connectivity index (χ0) is 25.8. The maximum atomic E-state index is 13.1. The van der Waals surface area contributed by atoms with Crippen molar-refractivity contribution in [1.29, 1.82) is 0 Å². The first-order valence-electron chi connectivity index (χ1n) is 9.21. The Labute approximate surface area is 215 Å². The van der Waals surface area contributed by atoms with Crippen molar-refractivity contribution in [3.05, 3.63) is 89.1 Å². The van der Waals surface area contributed by atoms with Gasteiger partial charge in [0, 0.05) is 26.2 Å². The summed E-state index contributed by atoms with van der Waals surface area (Å²) in [4.78, 5) is 27.7. The Hall–Kier alpha value is -2.92. The monoisotopic (exact) mass is 565 g/mol. The van der Waals surface area contributed by atoms with Gasteiger partial charge in [-0.15, -0.1) is 9.81 Å². The van der Waals surface area contributed by atoms with Crippen molar-refractivity contribution < 1.29 is 22.7 Å². The Balaban J connectivity index is 1.94. The largest absolute Gasteiger partial charge is 0.450 e. The van der Waals surface area contributed by atoms with E-state index in [-0.39, 0.29) is 28.0 Å². The first kappa shape index (κ1) is 26.7. The fraction of sp³-hybridized carbons (Fsp3) is 0.0952. The molecule has 0 N–H and O–H groups in total. The molecule has 35 heavy (non-hydrogen) atoms. The molecule has 0 aliphatic rings. The lowest BCUT2D eigenvalue weighted by Crippen LogP contribution is -2.05. The Morgan fingerprint density at radius 3 is 2.03 bits per heavy atom. The molecule has 0 spiro atoms. The van der Waals surface area contributed by atoms with Crippen molar-refractivity contribution in [3.63, 3.8) is 0 Å². The molecule has 0 aliphatic carbocycles. The van der Waals surface area contributed by atoms with Gasteiger partial charge in [0.25, 0.3) is 0 Å². The summed E-state index contributed by atoms with van der Waals surface area (Å²) in [7, 11) is 0. The van der Waals surface area contributed by atoms with Crippen molar-refractivity contribution in [1.82, 2.24) is 0 Å². The summed E-state index contributed by atoms with van der Waals surface area (Å²) in [6.07, 6.45) is -3.72. The smallest absolute Gasteiger partial charge is 0.416 e. The van der Waals surface area contributed by atoms with Gasteiger partial charge in [0.15, 0.2) is 22.9 Å². The summed E-state index contributed by atoms with van der Waals surface area (Å²) < 4.78 is 44.8. The minimum atomic E-state index is -4.86. The molecule has 0 aliphatic heterocycles. The van der Waals surface area contributed by atoms with Gasteiger partial charge in [0.1, 0.15) is 6.61 Å². The molecule has 0 bridgehead atoms. The molecular formula is C21H10Cl4F3N3O4. The predicted molar refractivity (Wildman–Crippen MR) is 128 cm³/mol. The Kier molecular flexibility index (Phi) is 8.55. The average molecular weight is 567 g/mol. The van der Waals surface area contributed by atoms with Gasteiger partial charge >= 0.3 is 6.18 Å². The van der Waals surface area contributed by atoms with Gasteiger partial charge in [-0.1, -0.05) is 57.6 Å².